The van der Waals surface area contributed by atoms with E-state index in [2.05, 4.69) is 4.74 Å². The smallest absolute Gasteiger partial charge is 0.508 e. The van der Waals surface area contributed by atoms with Crippen LogP contribution in [0.4, 0.5) is 23.2 Å². The molecule has 0 unspecified atom stereocenters. The standard InChI is InChI=1S/C31H25ClF4N2O8/c1-30-19(27(43)38(29(30)45)13-2-6-21(33)20(32)10-13)12-17-15(25(30)18-11-14(3-7-22(18)39)46-31(34,35)36)4-5-16-24(17)28(44)37(26(16)42)9-8-23(40)41/h2-4,6-7,10-11,16-17,19,24-25,39H,5,8-9,12H2,1H3,(H,40,41)/t16-,17+,19-,24-,25+,30+/m0/s1. The molecule has 1 saturated carbocycles. The number of hydrogen-bond donors (Lipinski definition) is 2. The Morgan fingerprint density at radius 2 is 1.78 bits per heavy atom. The number of nitrogens with zero attached hydrogens (tertiary/aromatic N) is 2. The van der Waals surface area contributed by atoms with E-state index in [0.717, 1.165) is 40.1 Å². The summed E-state index contributed by atoms with van der Waals surface area (Å²) in [6.45, 7) is 1.06. The number of phenolic OH excluding ortho intramolecular Hbond substituents is 1. The van der Waals surface area contributed by atoms with Crippen molar-refractivity contribution in [1.82, 2.24) is 4.90 Å². The lowest BCUT2D eigenvalue weighted by Crippen LogP contribution is -2.49. The highest BCUT2D eigenvalue weighted by molar-refractivity contribution is 6.31. The quantitative estimate of drug-likeness (QED) is 0.255. The van der Waals surface area contributed by atoms with Crippen LogP contribution in [0.2, 0.25) is 5.02 Å². The van der Waals surface area contributed by atoms with Gasteiger partial charge in [0.05, 0.1) is 40.3 Å². The van der Waals surface area contributed by atoms with Gasteiger partial charge < -0.3 is 14.9 Å². The van der Waals surface area contributed by atoms with E-state index in [1.165, 1.54) is 13.0 Å². The molecule has 2 aliphatic heterocycles. The number of carboxylic acids is 1. The number of aromatic hydroxyl groups is 1. The van der Waals surface area contributed by atoms with E-state index >= 15 is 0 Å². The molecule has 4 aliphatic rings. The molecule has 2 heterocycles. The van der Waals surface area contributed by atoms with Gasteiger partial charge in [0.25, 0.3) is 0 Å². The number of likely N-dealkylation sites (tertiary alicyclic amines) is 1. The molecule has 15 heteroatoms. The van der Waals surface area contributed by atoms with Crippen molar-refractivity contribution in [1.29, 1.82) is 0 Å². The Morgan fingerprint density at radius 1 is 1.07 bits per heavy atom. The lowest BCUT2D eigenvalue weighted by molar-refractivity contribution is -0.274. The molecular formula is C31H25ClF4N2O8. The molecule has 2 saturated heterocycles. The van der Waals surface area contributed by atoms with Crippen LogP contribution >= 0.6 is 11.6 Å². The van der Waals surface area contributed by atoms with Crippen LogP contribution in [0.1, 0.15) is 37.7 Å². The van der Waals surface area contributed by atoms with Crippen LogP contribution in [0.15, 0.2) is 48.0 Å². The van der Waals surface area contributed by atoms with Crippen molar-refractivity contribution in [2.45, 2.75) is 38.5 Å². The zero-order valence-electron chi connectivity index (χ0n) is 23.9. The van der Waals surface area contributed by atoms with E-state index in [1.54, 1.807) is 6.08 Å². The molecule has 242 valence electrons. The first-order chi connectivity index (χ1) is 21.5. The second-order valence-electron chi connectivity index (χ2n) is 12.0. The molecule has 3 fully saturated rings. The topological polar surface area (TPSA) is 142 Å². The number of carboxylic acid groups (broad SMARTS) is 1. The molecule has 0 bridgehead atoms. The van der Waals surface area contributed by atoms with Crippen molar-refractivity contribution < 1.29 is 56.5 Å². The van der Waals surface area contributed by atoms with Crippen LogP contribution in [-0.4, -0.2) is 57.6 Å². The maximum atomic E-state index is 14.4. The van der Waals surface area contributed by atoms with Gasteiger partial charge in [0.2, 0.25) is 23.6 Å². The molecule has 10 nitrogen and oxygen atoms in total. The molecule has 2 aromatic carbocycles. The summed E-state index contributed by atoms with van der Waals surface area (Å²) in [6.07, 6.45) is -4.12. The number of aliphatic carboxylic acids is 1. The van der Waals surface area contributed by atoms with E-state index < -0.39 is 94.7 Å². The number of phenols is 1. The average molecular weight is 665 g/mol. The van der Waals surface area contributed by atoms with Gasteiger partial charge >= 0.3 is 12.3 Å². The number of allylic oxidation sites excluding steroid dienone is 2. The van der Waals surface area contributed by atoms with Gasteiger partial charge in [-0.2, -0.15) is 0 Å². The van der Waals surface area contributed by atoms with Gasteiger partial charge in [-0.1, -0.05) is 23.3 Å². The van der Waals surface area contributed by atoms with Gasteiger partial charge in [-0.25, -0.2) is 9.29 Å². The largest absolute Gasteiger partial charge is 0.573 e. The highest BCUT2D eigenvalue weighted by Gasteiger charge is 2.68. The SMILES string of the molecule is C[C@@]12C(=O)N(c3ccc(F)c(Cl)c3)C(=O)[C@@H]1C[C@@H]1C(=CC[C@@H]3C(=O)N(CCC(=O)O)C(=O)[C@@H]31)[C@@H]2c1cc(OC(F)(F)F)ccc1O. The number of halogens is 5. The predicted molar refractivity (Wildman–Crippen MR) is 150 cm³/mol. The van der Waals surface area contributed by atoms with E-state index in [0.29, 0.717) is 5.57 Å². The Balaban J connectivity index is 1.51. The van der Waals surface area contributed by atoms with Gasteiger partial charge in [-0.15, -0.1) is 13.2 Å². The summed E-state index contributed by atoms with van der Waals surface area (Å²) in [7, 11) is 0. The average Bonchev–Trinajstić information content (AvgIpc) is 3.33. The summed E-state index contributed by atoms with van der Waals surface area (Å²) >= 11 is 5.96. The third-order valence-corrected chi connectivity index (χ3v) is 9.91. The fourth-order valence-corrected chi connectivity index (χ4v) is 7.86. The van der Waals surface area contributed by atoms with Crippen LogP contribution < -0.4 is 9.64 Å². The second-order valence-corrected chi connectivity index (χ2v) is 12.4. The number of benzene rings is 2. The van der Waals surface area contributed by atoms with Crippen molar-refractivity contribution in [3.63, 3.8) is 0 Å². The zero-order valence-corrected chi connectivity index (χ0v) is 24.6. The minimum atomic E-state index is -5.10. The maximum absolute atomic E-state index is 14.4. The Bertz CT molecular complexity index is 1750. The molecule has 46 heavy (non-hydrogen) atoms. The number of fused-ring (bicyclic) bond motifs is 4. The number of carbonyl (C=O) groups is 5. The van der Waals surface area contributed by atoms with Gasteiger partial charge in [0.1, 0.15) is 17.3 Å². The summed E-state index contributed by atoms with van der Waals surface area (Å²) in [5.74, 6) is -11.4. The van der Waals surface area contributed by atoms with Crippen molar-refractivity contribution in [2.24, 2.45) is 29.1 Å². The maximum Gasteiger partial charge on any atom is 0.573 e. The number of ether oxygens (including phenoxy) is 1. The minimum Gasteiger partial charge on any atom is -0.508 e. The number of alkyl halides is 3. The van der Waals surface area contributed by atoms with Crippen LogP contribution in [0, 0.1) is 34.9 Å². The third kappa shape index (κ3) is 4.81. The van der Waals surface area contributed by atoms with Crippen LogP contribution in [0.3, 0.4) is 0 Å². The number of anilines is 1. The molecule has 2 aliphatic carbocycles. The first-order valence-corrected chi connectivity index (χ1v) is 14.6. The first-order valence-electron chi connectivity index (χ1n) is 14.2. The third-order valence-electron chi connectivity index (χ3n) is 9.62. The first kappa shape index (κ1) is 31.5. The van der Waals surface area contributed by atoms with Gasteiger partial charge in [0.15, 0.2) is 0 Å². The fraction of sp³-hybridized carbons (Fsp3) is 0.387. The highest BCUT2D eigenvalue weighted by Crippen LogP contribution is 2.64. The number of amides is 4. The molecule has 6 atom stereocenters. The summed E-state index contributed by atoms with van der Waals surface area (Å²) in [4.78, 5) is 68.3. The molecule has 2 N–H and O–H groups in total. The molecule has 4 amide bonds. The Labute approximate surface area is 263 Å². The molecule has 6 rings (SSSR count). The van der Waals surface area contributed by atoms with Crippen molar-refractivity contribution in [2.75, 3.05) is 11.4 Å². The number of hydrogen-bond acceptors (Lipinski definition) is 7. The van der Waals surface area contributed by atoms with E-state index in [-0.39, 0.29) is 35.7 Å². The van der Waals surface area contributed by atoms with Crippen molar-refractivity contribution in [3.8, 4) is 11.5 Å². The molecular weight excluding hydrogens is 640 g/mol. The normalized spacial score (nSPS) is 29.0. The van der Waals surface area contributed by atoms with E-state index in [4.69, 9.17) is 16.7 Å². The van der Waals surface area contributed by atoms with E-state index in [9.17, 15) is 46.6 Å². The Kier molecular flexibility index (Phi) is 7.41. The number of carbonyl (C=O) groups excluding carboxylic acids is 4. The number of imide groups is 2. The lowest BCUT2D eigenvalue weighted by atomic mass is 9.51. The van der Waals surface area contributed by atoms with Crippen molar-refractivity contribution in [3.05, 3.63) is 64.5 Å². The monoisotopic (exact) mass is 664 g/mol. The molecule has 0 radical (unpaired) electrons. The zero-order chi connectivity index (χ0) is 33.5. The summed E-state index contributed by atoms with van der Waals surface area (Å²) in [5.41, 5.74) is -1.61. The summed E-state index contributed by atoms with van der Waals surface area (Å²) in [6, 6.07) is 5.97. The van der Waals surface area contributed by atoms with Gasteiger partial charge in [-0.3, -0.25) is 28.9 Å². The lowest BCUT2D eigenvalue weighted by Gasteiger charge is -2.49. The second kappa shape index (κ2) is 10.8. The summed E-state index contributed by atoms with van der Waals surface area (Å²) < 4.78 is 57.8. The highest BCUT2D eigenvalue weighted by atomic mass is 35.5. The van der Waals surface area contributed by atoms with Gasteiger partial charge in [0, 0.05) is 18.0 Å². The minimum absolute atomic E-state index is 0.0131. The predicted octanol–water partition coefficient (Wildman–Crippen LogP) is 4.79. The fourth-order valence-electron chi connectivity index (χ4n) is 7.68. The van der Waals surface area contributed by atoms with Crippen LogP contribution in [0.25, 0.3) is 0 Å². The Morgan fingerprint density at radius 3 is 2.43 bits per heavy atom. The van der Waals surface area contributed by atoms with Gasteiger partial charge in [-0.05, 0) is 62.1 Å². The van der Waals surface area contributed by atoms with Crippen molar-refractivity contribution >= 4 is 46.9 Å². The molecule has 2 aromatic rings. The van der Waals surface area contributed by atoms with Crippen LogP contribution in [0.5, 0.6) is 11.5 Å². The number of rotatable bonds is 6. The summed E-state index contributed by atoms with van der Waals surface area (Å²) in [5, 5.41) is 19.8. The Hall–Kier alpha value is -4.46. The van der Waals surface area contributed by atoms with E-state index in [1.807, 2.05) is 0 Å². The molecule has 0 spiro atoms. The molecule has 0 aromatic heterocycles. The van der Waals surface area contributed by atoms with Crippen LogP contribution in [-0.2, 0) is 24.0 Å².